The molecule has 0 aromatic heterocycles. The lowest BCUT2D eigenvalue weighted by atomic mass is 9.87. The quantitative estimate of drug-likeness (QED) is 0.566. The maximum Gasteiger partial charge on any atom is 0.251 e. The van der Waals surface area contributed by atoms with E-state index >= 15 is 0 Å². The second-order valence-corrected chi connectivity index (χ2v) is 8.29. The first-order valence-electron chi connectivity index (χ1n) is 11.1. The minimum atomic E-state index is -0.235. The molecule has 1 N–H and O–H groups in total. The summed E-state index contributed by atoms with van der Waals surface area (Å²) in [5.74, 6) is 0.950. The number of carbonyl (C=O) groups excluding carboxylic acids is 1. The molecule has 2 atom stereocenters. The molecule has 5 nitrogen and oxygen atoms in total. The Hall–Kier alpha value is -3.38. The first-order valence-corrected chi connectivity index (χ1v) is 11.1. The van der Waals surface area contributed by atoms with Crippen molar-refractivity contribution in [1.29, 1.82) is 0 Å². The normalized spacial score (nSPS) is 16.5. The summed E-state index contributed by atoms with van der Waals surface area (Å²) < 4.78 is 25.5. The number of benzene rings is 3. The van der Waals surface area contributed by atoms with Crippen LogP contribution >= 0.6 is 0 Å². The number of hydrogen-bond acceptors (Lipinski definition) is 4. The summed E-state index contributed by atoms with van der Waals surface area (Å²) in [6.07, 6.45) is 0.792. The van der Waals surface area contributed by atoms with E-state index in [2.05, 4.69) is 10.2 Å². The van der Waals surface area contributed by atoms with Gasteiger partial charge < -0.3 is 14.8 Å². The van der Waals surface area contributed by atoms with Crippen LogP contribution in [0.25, 0.3) is 0 Å². The molecule has 3 aromatic rings. The van der Waals surface area contributed by atoms with Crippen LogP contribution in [0.3, 0.4) is 0 Å². The number of ether oxygens (including phenoxy) is 2. The predicted octanol–water partition coefficient (Wildman–Crippen LogP) is 4.76. The summed E-state index contributed by atoms with van der Waals surface area (Å²) in [6, 6.07) is 19.6. The number of rotatable bonds is 7. The molecule has 0 spiro atoms. The molecule has 1 heterocycles. The first-order chi connectivity index (χ1) is 16.0. The Bertz CT molecular complexity index is 1120. The van der Waals surface area contributed by atoms with Crippen molar-refractivity contribution in [3.05, 3.63) is 94.8 Å². The van der Waals surface area contributed by atoms with Gasteiger partial charge >= 0.3 is 0 Å². The van der Waals surface area contributed by atoms with Crippen LogP contribution in [-0.4, -0.2) is 37.6 Å². The monoisotopic (exact) mass is 448 g/mol. The minimum Gasteiger partial charge on any atom is -0.493 e. The zero-order valence-electron chi connectivity index (χ0n) is 19.2. The number of nitrogens with zero attached hydrogens (tertiary/aromatic N) is 1. The Kier molecular flexibility index (Phi) is 6.94. The van der Waals surface area contributed by atoms with E-state index in [0.717, 1.165) is 24.1 Å². The SMILES string of the molecule is COc1cc2c(cc1OC)[C@H]([C@H](C)NC(=O)c1ccccc1)N(Cc1ccccc1F)CC2. The van der Waals surface area contributed by atoms with E-state index in [-0.39, 0.29) is 23.8 Å². The van der Waals surface area contributed by atoms with Gasteiger partial charge in [0.05, 0.1) is 20.3 Å². The van der Waals surface area contributed by atoms with Crippen molar-refractivity contribution in [2.75, 3.05) is 20.8 Å². The zero-order chi connectivity index (χ0) is 23.4. The van der Waals surface area contributed by atoms with Crippen molar-refractivity contribution >= 4 is 5.91 Å². The molecule has 0 saturated carbocycles. The van der Waals surface area contributed by atoms with Gasteiger partial charge in [0, 0.05) is 30.3 Å². The van der Waals surface area contributed by atoms with Gasteiger partial charge in [-0.05, 0) is 54.8 Å². The van der Waals surface area contributed by atoms with Crippen LogP contribution in [0.2, 0.25) is 0 Å². The summed E-state index contributed by atoms with van der Waals surface area (Å²) in [6.45, 7) is 3.16. The van der Waals surface area contributed by atoms with Crippen LogP contribution in [0.1, 0.15) is 40.0 Å². The lowest BCUT2D eigenvalue weighted by Gasteiger charge is -2.41. The molecule has 172 valence electrons. The maximum absolute atomic E-state index is 14.5. The fourth-order valence-corrected chi connectivity index (χ4v) is 4.60. The molecule has 0 radical (unpaired) electrons. The van der Waals surface area contributed by atoms with Gasteiger partial charge in [0.2, 0.25) is 0 Å². The molecule has 0 saturated heterocycles. The van der Waals surface area contributed by atoms with Crippen molar-refractivity contribution in [3.8, 4) is 11.5 Å². The number of carbonyl (C=O) groups is 1. The van der Waals surface area contributed by atoms with Crippen LogP contribution in [0.5, 0.6) is 11.5 Å². The number of fused-ring (bicyclic) bond motifs is 1. The molecule has 33 heavy (non-hydrogen) atoms. The summed E-state index contributed by atoms with van der Waals surface area (Å²) >= 11 is 0. The Balaban J connectivity index is 1.70. The fraction of sp³-hybridized carbons (Fsp3) is 0.296. The van der Waals surface area contributed by atoms with Gasteiger partial charge in [-0.25, -0.2) is 4.39 Å². The van der Waals surface area contributed by atoms with E-state index < -0.39 is 0 Å². The number of amides is 1. The molecule has 3 aromatic carbocycles. The highest BCUT2D eigenvalue weighted by molar-refractivity contribution is 5.94. The van der Waals surface area contributed by atoms with Gasteiger partial charge in [-0.1, -0.05) is 36.4 Å². The van der Waals surface area contributed by atoms with Crippen molar-refractivity contribution in [2.24, 2.45) is 0 Å². The Labute approximate surface area is 194 Å². The van der Waals surface area contributed by atoms with Crippen LogP contribution in [-0.2, 0) is 13.0 Å². The van der Waals surface area contributed by atoms with E-state index in [1.807, 2.05) is 49.4 Å². The molecule has 0 fully saturated rings. The number of halogens is 1. The van der Waals surface area contributed by atoms with Crippen molar-refractivity contribution < 1.29 is 18.7 Å². The molecular formula is C27H29FN2O3. The number of nitrogens with one attached hydrogen (secondary N) is 1. The standard InChI is InChI=1S/C27H29FN2O3/c1-18(29-27(31)19-9-5-4-6-10-19)26-22-16-25(33-3)24(32-2)15-20(22)13-14-30(26)17-21-11-7-8-12-23(21)28/h4-12,15-16,18,26H,13-14,17H2,1-3H3,(H,29,31)/t18-,26-/m0/s1. The van der Waals surface area contributed by atoms with E-state index in [1.165, 1.54) is 6.07 Å². The highest BCUT2D eigenvalue weighted by Gasteiger charge is 2.34. The van der Waals surface area contributed by atoms with E-state index in [1.54, 1.807) is 32.4 Å². The van der Waals surface area contributed by atoms with Gasteiger partial charge in [-0.3, -0.25) is 9.69 Å². The Morgan fingerprint density at radius 2 is 1.73 bits per heavy atom. The minimum absolute atomic E-state index is 0.137. The Morgan fingerprint density at radius 3 is 2.42 bits per heavy atom. The molecule has 0 unspecified atom stereocenters. The molecule has 1 aliphatic heterocycles. The van der Waals surface area contributed by atoms with Gasteiger partial charge in [0.15, 0.2) is 11.5 Å². The van der Waals surface area contributed by atoms with Gasteiger partial charge in [0.1, 0.15) is 5.82 Å². The Morgan fingerprint density at radius 1 is 1.06 bits per heavy atom. The van der Waals surface area contributed by atoms with Crippen LogP contribution in [0.4, 0.5) is 4.39 Å². The molecule has 1 aliphatic rings. The van der Waals surface area contributed by atoms with E-state index in [0.29, 0.717) is 29.2 Å². The highest BCUT2D eigenvalue weighted by Crippen LogP contribution is 2.40. The third-order valence-electron chi connectivity index (χ3n) is 6.23. The summed E-state index contributed by atoms with van der Waals surface area (Å²) in [5, 5.41) is 3.16. The molecule has 1 amide bonds. The van der Waals surface area contributed by atoms with Crippen molar-refractivity contribution in [1.82, 2.24) is 10.2 Å². The van der Waals surface area contributed by atoms with Crippen molar-refractivity contribution in [2.45, 2.75) is 32.0 Å². The topological polar surface area (TPSA) is 50.8 Å². The lowest BCUT2D eigenvalue weighted by Crippen LogP contribution is -2.47. The zero-order valence-corrected chi connectivity index (χ0v) is 19.2. The predicted molar refractivity (Wildman–Crippen MR) is 126 cm³/mol. The summed E-state index contributed by atoms with van der Waals surface area (Å²) in [7, 11) is 3.23. The molecule has 0 bridgehead atoms. The van der Waals surface area contributed by atoms with Crippen molar-refractivity contribution in [3.63, 3.8) is 0 Å². The van der Waals surface area contributed by atoms with Crippen LogP contribution in [0.15, 0.2) is 66.7 Å². The van der Waals surface area contributed by atoms with Gasteiger partial charge in [-0.15, -0.1) is 0 Å². The number of methoxy groups -OCH3 is 2. The molecule has 6 heteroatoms. The smallest absolute Gasteiger partial charge is 0.251 e. The summed E-state index contributed by atoms with van der Waals surface area (Å²) in [5.41, 5.74) is 3.43. The third kappa shape index (κ3) is 4.86. The largest absolute Gasteiger partial charge is 0.493 e. The van der Waals surface area contributed by atoms with Crippen LogP contribution in [0, 0.1) is 5.82 Å². The second kappa shape index (κ2) is 10.0. The second-order valence-electron chi connectivity index (χ2n) is 8.29. The average molecular weight is 449 g/mol. The average Bonchev–Trinajstić information content (AvgIpc) is 2.84. The van der Waals surface area contributed by atoms with Gasteiger partial charge in [-0.2, -0.15) is 0 Å². The van der Waals surface area contributed by atoms with E-state index in [4.69, 9.17) is 9.47 Å². The molecule has 4 rings (SSSR count). The lowest BCUT2D eigenvalue weighted by molar-refractivity contribution is 0.0875. The summed E-state index contributed by atoms with van der Waals surface area (Å²) in [4.78, 5) is 15.1. The highest BCUT2D eigenvalue weighted by atomic mass is 19.1. The first kappa shape index (κ1) is 22.8. The third-order valence-corrected chi connectivity index (χ3v) is 6.23. The van der Waals surface area contributed by atoms with E-state index in [9.17, 15) is 9.18 Å². The number of hydrogen-bond donors (Lipinski definition) is 1. The van der Waals surface area contributed by atoms with Crippen LogP contribution < -0.4 is 14.8 Å². The molecule has 0 aliphatic carbocycles. The van der Waals surface area contributed by atoms with Gasteiger partial charge in [0.25, 0.3) is 5.91 Å². The maximum atomic E-state index is 14.5. The molecular weight excluding hydrogens is 419 g/mol. The fourth-order valence-electron chi connectivity index (χ4n) is 4.60.